The largest absolute Gasteiger partial charge is 0.496 e. The Morgan fingerprint density at radius 3 is 2.03 bits per heavy atom. The monoisotopic (exact) mass is 493 g/mol. The number of benzene rings is 2. The van der Waals surface area contributed by atoms with Gasteiger partial charge in [0.05, 0.1) is 14.2 Å². The van der Waals surface area contributed by atoms with Crippen molar-refractivity contribution in [2.75, 3.05) is 48.5 Å². The second kappa shape index (κ2) is 12.1. The molecule has 35 heavy (non-hydrogen) atoms. The van der Waals surface area contributed by atoms with Gasteiger partial charge < -0.3 is 19.3 Å². The molecule has 1 saturated carbocycles. The lowest BCUT2D eigenvalue weighted by Crippen LogP contribution is -2.40. The molecule has 0 N–H and O–H groups in total. The van der Waals surface area contributed by atoms with E-state index in [-0.39, 0.29) is 0 Å². The Labute approximate surface area is 215 Å². The molecule has 0 saturated heterocycles. The average Bonchev–Trinajstić information content (AvgIpc) is 3.28. The maximum atomic E-state index is 5.70. The van der Waals surface area contributed by atoms with Gasteiger partial charge >= 0.3 is 0 Å². The van der Waals surface area contributed by atoms with Crippen molar-refractivity contribution in [3.05, 3.63) is 77.4 Å². The third kappa shape index (κ3) is 6.21. The summed E-state index contributed by atoms with van der Waals surface area (Å²) >= 11 is 0. The lowest BCUT2D eigenvalue weighted by Gasteiger charge is -2.37. The molecule has 2 aromatic carbocycles. The van der Waals surface area contributed by atoms with Gasteiger partial charge in [-0.15, -0.1) is 0 Å². The van der Waals surface area contributed by atoms with Crippen LogP contribution in [0.4, 0.5) is 0 Å². The predicted molar refractivity (Wildman–Crippen MR) is 151 cm³/mol. The first-order valence-electron chi connectivity index (χ1n) is 12.3. The van der Waals surface area contributed by atoms with Crippen molar-refractivity contribution in [3.63, 3.8) is 0 Å². The van der Waals surface area contributed by atoms with Crippen molar-refractivity contribution in [1.82, 2.24) is 9.80 Å². The fourth-order valence-electron chi connectivity index (χ4n) is 4.79. The zero-order valence-electron chi connectivity index (χ0n) is 23.2. The maximum Gasteiger partial charge on any atom is 0.124 e. The lowest BCUT2D eigenvalue weighted by atomic mass is 9.98. The van der Waals surface area contributed by atoms with Gasteiger partial charge in [-0.2, -0.15) is 0 Å². The minimum atomic E-state index is -0.761. The summed E-state index contributed by atoms with van der Waals surface area (Å²) in [6.45, 7) is 13.1. The number of hydrogen-bond acceptors (Lipinski definition) is 4. The Morgan fingerprint density at radius 1 is 0.800 bits per heavy atom. The van der Waals surface area contributed by atoms with E-state index < -0.39 is 7.92 Å². The van der Waals surface area contributed by atoms with Crippen molar-refractivity contribution >= 4 is 18.5 Å². The van der Waals surface area contributed by atoms with Crippen LogP contribution in [-0.4, -0.2) is 64.3 Å². The van der Waals surface area contributed by atoms with E-state index >= 15 is 0 Å². The van der Waals surface area contributed by atoms with Gasteiger partial charge in [0.2, 0.25) is 0 Å². The molecule has 5 heteroatoms. The smallest absolute Gasteiger partial charge is 0.124 e. The number of rotatable bonds is 10. The highest BCUT2D eigenvalue weighted by molar-refractivity contribution is 7.76. The van der Waals surface area contributed by atoms with E-state index in [0.717, 1.165) is 24.6 Å². The van der Waals surface area contributed by atoms with Gasteiger partial charge in [0, 0.05) is 30.7 Å². The second-order valence-corrected chi connectivity index (χ2v) is 12.0. The van der Waals surface area contributed by atoms with E-state index in [2.05, 4.69) is 109 Å². The van der Waals surface area contributed by atoms with Crippen LogP contribution in [0.3, 0.4) is 0 Å². The summed E-state index contributed by atoms with van der Waals surface area (Å²) < 4.78 is 11.3. The minimum Gasteiger partial charge on any atom is -0.496 e. The summed E-state index contributed by atoms with van der Waals surface area (Å²) in [5.41, 5.74) is 6.24. The first-order chi connectivity index (χ1) is 16.6. The van der Waals surface area contributed by atoms with E-state index in [1.807, 2.05) is 0 Å². The summed E-state index contributed by atoms with van der Waals surface area (Å²) in [5.74, 6) is 3.34. The van der Waals surface area contributed by atoms with Crippen LogP contribution in [0.1, 0.15) is 29.2 Å². The molecule has 0 aliphatic heterocycles. The third-order valence-corrected chi connectivity index (χ3v) is 9.57. The lowest BCUT2D eigenvalue weighted by molar-refractivity contribution is 0.240. The van der Waals surface area contributed by atoms with Crippen LogP contribution in [0.2, 0.25) is 0 Å². The number of ether oxygens (including phenoxy) is 2. The molecule has 4 nitrogen and oxygen atoms in total. The number of likely N-dealkylation sites (N-methyl/N-ethyl adjacent to an activating group) is 2. The Balaban J connectivity index is 2.09. The molecular weight excluding hydrogens is 451 g/mol. The second-order valence-electron chi connectivity index (χ2n) is 9.88. The van der Waals surface area contributed by atoms with E-state index in [1.54, 1.807) is 14.2 Å². The minimum absolute atomic E-state index is 0.324. The standard InChI is InChI=1S/C30H42N2O2P/c1-20-19-29(21(2)18-27(20)33-9)35(25-16-22(3)30(34-10)23(4)17-25)28-13-11-12-26(28)24(5)32(8)15-14-31(6)7/h11-13,16-19,24H,14-15H2,1-10H3/t24-,35?/m1/s1. The summed E-state index contributed by atoms with van der Waals surface area (Å²) in [6.07, 6.45) is 6.88. The predicted octanol–water partition coefficient (Wildman–Crippen LogP) is 4.99. The Bertz CT molecular complexity index is 983. The van der Waals surface area contributed by atoms with Crippen LogP contribution in [-0.2, 0) is 0 Å². The van der Waals surface area contributed by atoms with Crippen molar-refractivity contribution in [2.45, 2.75) is 40.7 Å². The molecule has 1 aliphatic carbocycles. The zero-order valence-corrected chi connectivity index (χ0v) is 24.1. The number of methoxy groups -OCH3 is 2. The highest BCUT2D eigenvalue weighted by atomic mass is 31.1. The summed E-state index contributed by atoms with van der Waals surface area (Å²) in [6, 6.07) is 9.51. The first-order valence-corrected chi connectivity index (χ1v) is 13.6. The number of nitrogens with zero attached hydrogens (tertiary/aromatic N) is 2. The van der Waals surface area contributed by atoms with Crippen molar-refractivity contribution < 1.29 is 9.47 Å². The topological polar surface area (TPSA) is 24.9 Å². The van der Waals surface area contributed by atoms with Crippen molar-refractivity contribution in [1.29, 1.82) is 0 Å². The molecule has 0 bridgehead atoms. The molecule has 2 aromatic rings. The van der Waals surface area contributed by atoms with Crippen LogP contribution in [0.25, 0.3) is 0 Å². The van der Waals surface area contributed by atoms with E-state index in [4.69, 9.17) is 9.47 Å². The quantitative estimate of drug-likeness (QED) is 0.436. The van der Waals surface area contributed by atoms with Gasteiger partial charge in [0.25, 0.3) is 0 Å². The molecule has 0 aromatic heterocycles. The molecule has 0 heterocycles. The molecule has 0 amide bonds. The Kier molecular flexibility index (Phi) is 9.66. The molecule has 5 radical (unpaired) electrons. The summed E-state index contributed by atoms with van der Waals surface area (Å²) in [4.78, 5) is 4.71. The number of aryl methyl sites for hydroxylation is 4. The summed E-state index contributed by atoms with van der Waals surface area (Å²) in [7, 11) is 9.25. The summed E-state index contributed by atoms with van der Waals surface area (Å²) in [5, 5.41) is 2.75. The van der Waals surface area contributed by atoms with Crippen LogP contribution < -0.4 is 20.1 Å². The van der Waals surface area contributed by atoms with Crippen LogP contribution in [0.15, 0.2) is 24.3 Å². The Hall–Kier alpha value is -1.61. The van der Waals surface area contributed by atoms with Crippen molar-refractivity contribution in [3.8, 4) is 11.5 Å². The van der Waals surface area contributed by atoms with E-state index in [0.29, 0.717) is 6.04 Å². The molecule has 1 aliphatic rings. The van der Waals surface area contributed by atoms with Crippen LogP contribution >= 0.6 is 7.92 Å². The molecular formula is C30H42N2O2P. The van der Waals surface area contributed by atoms with Crippen molar-refractivity contribution in [2.24, 2.45) is 0 Å². The average molecular weight is 494 g/mol. The number of hydrogen-bond donors (Lipinski definition) is 0. The maximum absolute atomic E-state index is 5.70. The van der Waals surface area contributed by atoms with Gasteiger partial charge in [0.1, 0.15) is 11.5 Å². The first kappa shape index (κ1) is 28.0. The molecule has 189 valence electrons. The van der Waals surface area contributed by atoms with Gasteiger partial charge in [-0.25, -0.2) is 0 Å². The van der Waals surface area contributed by atoms with E-state index in [9.17, 15) is 0 Å². The molecule has 2 atom stereocenters. The highest BCUT2D eigenvalue weighted by Gasteiger charge is 2.41. The molecule has 0 spiro atoms. The fraction of sp³-hybridized carbons (Fsp3) is 0.433. The normalized spacial score (nSPS) is 16.8. The molecule has 3 rings (SSSR count). The highest BCUT2D eigenvalue weighted by Crippen LogP contribution is 2.58. The molecule has 1 fully saturated rings. The van der Waals surface area contributed by atoms with E-state index in [1.165, 1.54) is 44.4 Å². The SMILES string of the molecule is COc1cc(C)c(P([C]2[CH][CH][CH][C]2[C@@H](C)N(C)CCN(C)C)c2cc(C)c(OC)c(C)c2)cc1C. The van der Waals surface area contributed by atoms with Gasteiger partial charge in [-0.3, -0.25) is 0 Å². The van der Waals surface area contributed by atoms with Crippen LogP contribution in [0.5, 0.6) is 11.5 Å². The van der Waals surface area contributed by atoms with Gasteiger partial charge in [0.15, 0.2) is 0 Å². The van der Waals surface area contributed by atoms with Crippen LogP contribution in [0, 0.1) is 58.5 Å². The zero-order chi connectivity index (χ0) is 25.9. The fourth-order valence-corrected chi connectivity index (χ4v) is 7.75. The Morgan fingerprint density at radius 2 is 1.46 bits per heavy atom. The van der Waals surface area contributed by atoms with Gasteiger partial charge in [-0.1, -0.05) is 0 Å². The molecule has 1 unspecified atom stereocenters. The third-order valence-electron chi connectivity index (χ3n) is 6.94. The van der Waals surface area contributed by atoms with Gasteiger partial charge in [-0.05, 0) is 140 Å².